The van der Waals surface area contributed by atoms with Gasteiger partial charge in [0, 0.05) is 22.8 Å². The molecule has 1 N–H and O–H groups in total. The average molecular weight is 434 g/mol. The van der Waals surface area contributed by atoms with Crippen molar-refractivity contribution in [2.45, 2.75) is 11.4 Å². The second-order valence-corrected chi connectivity index (χ2v) is 8.06. The molecule has 0 spiro atoms. The standard InChI is InChI=1S/C18H16BrN3O3S/c1-25-15-10-14(22-18(11-15)17-7-2-3-8-20-17)12-21-26(23,24)16-6-4-5-13(19)9-16/h2-11,21H,12H2,1H3. The molecule has 0 atom stereocenters. The summed E-state index contributed by atoms with van der Waals surface area (Å²) in [5.74, 6) is 0.581. The first-order valence-corrected chi connectivity index (χ1v) is 9.97. The lowest BCUT2D eigenvalue weighted by atomic mass is 10.2. The van der Waals surface area contributed by atoms with E-state index in [2.05, 4.69) is 30.6 Å². The topological polar surface area (TPSA) is 81.2 Å². The fourth-order valence-corrected chi connectivity index (χ4v) is 3.90. The highest BCUT2D eigenvalue weighted by molar-refractivity contribution is 9.10. The van der Waals surface area contributed by atoms with Crippen molar-refractivity contribution in [3.8, 4) is 17.1 Å². The lowest BCUT2D eigenvalue weighted by Crippen LogP contribution is -2.23. The highest BCUT2D eigenvalue weighted by atomic mass is 79.9. The Morgan fingerprint density at radius 3 is 2.62 bits per heavy atom. The number of benzene rings is 1. The summed E-state index contributed by atoms with van der Waals surface area (Å²) in [5.41, 5.74) is 1.83. The van der Waals surface area contributed by atoms with Crippen LogP contribution in [0.4, 0.5) is 0 Å². The van der Waals surface area contributed by atoms with Crippen LogP contribution in [-0.4, -0.2) is 25.5 Å². The second kappa shape index (κ2) is 7.94. The van der Waals surface area contributed by atoms with E-state index in [4.69, 9.17) is 4.74 Å². The molecule has 3 aromatic rings. The van der Waals surface area contributed by atoms with E-state index in [1.807, 2.05) is 18.2 Å². The number of nitrogens with one attached hydrogen (secondary N) is 1. The van der Waals surface area contributed by atoms with Gasteiger partial charge < -0.3 is 4.74 Å². The molecule has 0 fully saturated rings. The predicted molar refractivity (Wildman–Crippen MR) is 102 cm³/mol. The van der Waals surface area contributed by atoms with E-state index in [0.717, 1.165) is 0 Å². The van der Waals surface area contributed by atoms with Crippen LogP contribution in [0.15, 0.2) is 70.2 Å². The number of aromatic nitrogens is 2. The highest BCUT2D eigenvalue weighted by Gasteiger charge is 2.15. The van der Waals surface area contributed by atoms with Crippen LogP contribution in [0, 0.1) is 0 Å². The molecular weight excluding hydrogens is 418 g/mol. The SMILES string of the molecule is COc1cc(CNS(=O)(=O)c2cccc(Br)c2)nc(-c2ccccn2)c1. The van der Waals surface area contributed by atoms with Crippen LogP contribution >= 0.6 is 15.9 Å². The van der Waals surface area contributed by atoms with Crippen molar-refractivity contribution < 1.29 is 13.2 Å². The molecular formula is C18H16BrN3O3S. The zero-order valence-corrected chi connectivity index (χ0v) is 16.3. The van der Waals surface area contributed by atoms with Crippen molar-refractivity contribution in [1.82, 2.24) is 14.7 Å². The van der Waals surface area contributed by atoms with Gasteiger partial charge in [0.25, 0.3) is 0 Å². The molecule has 0 bridgehead atoms. The van der Waals surface area contributed by atoms with Crippen LogP contribution in [0.5, 0.6) is 5.75 Å². The van der Waals surface area contributed by atoms with E-state index in [0.29, 0.717) is 27.3 Å². The number of sulfonamides is 1. The number of halogens is 1. The third-order valence-corrected chi connectivity index (χ3v) is 5.46. The first kappa shape index (κ1) is 18.5. The Kier molecular flexibility index (Phi) is 5.65. The summed E-state index contributed by atoms with van der Waals surface area (Å²) in [6.45, 7) is 0.0336. The maximum absolute atomic E-state index is 12.5. The lowest BCUT2D eigenvalue weighted by Gasteiger charge is -2.10. The molecule has 26 heavy (non-hydrogen) atoms. The van der Waals surface area contributed by atoms with Crippen molar-refractivity contribution in [3.05, 3.63) is 71.0 Å². The van der Waals surface area contributed by atoms with E-state index >= 15 is 0 Å². The van der Waals surface area contributed by atoms with E-state index in [9.17, 15) is 8.42 Å². The summed E-state index contributed by atoms with van der Waals surface area (Å²) in [6, 6.07) is 15.5. The Hall–Kier alpha value is -2.29. The van der Waals surface area contributed by atoms with E-state index < -0.39 is 10.0 Å². The molecule has 0 saturated heterocycles. The molecule has 0 aliphatic rings. The van der Waals surface area contributed by atoms with Crippen LogP contribution in [0.25, 0.3) is 11.4 Å². The third-order valence-electron chi connectivity index (χ3n) is 3.56. The van der Waals surface area contributed by atoms with Gasteiger partial charge in [-0.1, -0.05) is 28.1 Å². The Labute approximate surface area is 160 Å². The number of hydrogen-bond donors (Lipinski definition) is 1. The quantitative estimate of drug-likeness (QED) is 0.643. The molecule has 8 heteroatoms. The van der Waals surface area contributed by atoms with E-state index in [1.165, 1.54) is 6.07 Å². The Morgan fingerprint density at radius 1 is 1.08 bits per heavy atom. The van der Waals surface area contributed by atoms with Crippen molar-refractivity contribution in [2.75, 3.05) is 7.11 Å². The molecule has 134 valence electrons. The summed E-state index contributed by atoms with van der Waals surface area (Å²) in [6.07, 6.45) is 1.67. The average Bonchev–Trinajstić information content (AvgIpc) is 2.67. The molecule has 0 radical (unpaired) electrons. The predicted octanol–water partition coefficient (Wildman–Crippen LogP) is 3.39. The largest absolute Gasteiger partial charge is 0.497 e. The molecule has 0 amide bonds. The van der Waals surface area contributed by atoms with Gasteiger partial charge in [0.2, 0.25) is 10.0 Å². The van der Waals surface area contributed by atoms with Crippen LogP contribution in [0.2, 0.25) is 0 Å². The Balaban J connectivity index is 1.86. The van der Waals surface area contributed by atoms with Crippen LogP contribution in [0.3, 0.4) is 0 Å². The molecule has 3 rings (SSSR count). The number of rotatable bonds is 6. The highest BCUT2D eigenvalue weighted by Crippen LogP contribution is 2.22. The number of pyridine rings is 2. The van der Waals surface area contributed by atoms with Gasteiger partial charge in [0.05, 0.1) is 35.6 Å². The number of ether oxygens (including phenoxy) is 1. The Bertz CT molecular complexity index is 1010. The Morgan fingerprint density at radius 2 is 1.92 bits per heavy atom. The minimum absolute atomic E-state index is 0.0336. The van der Waals surface area contributed by atoms with Gasteiger partial charge in [0.1, 0.15) is 5.75 Å². The van der Waals surface area contributed by atoms with Gasteiger partial charge in [-0.2, -0.15) is 0 Å². The van der Waals surface area contributed by atoms with Crippen molar-refractivity contribution in [2.24, 2.45) is 0 Å². The van der Waals surface area contributed by atoms with Crippen LogP contribution in [-0.2, 0) is 16.6 Å². The minimum atomic E-state index is -3.65. The first-order chi connectivity index (χ1) is 12.5. The molecule has 1 aromatic carbocycles. The molecule has 6 nitrogen and oxygen atoms in total. The summed E-state index contributed by atoms with van der Waals surface area (Å²) in [5, 5.41) is 0. The monoisotopic (exact) mass is 433 g/mol. The van der Waals surface area contributed by atoms with Crippen molar-refractivity contribution in [1.29, 1.82) is 0 Å². The fraction of sp³-hybridized carbons (Fsp3) is 0.111. The fourth-order valence-electron chi connectivity index (χ4n) is 2.30. The van der Waals surface area contributed by atoms with Gasteiger partial charge in [0.15, 0.2) is 0 Å². The first-order valence-electron chi connectivity index (χ1n) is 7.69. The summed E-state index contributed by atoms with van der Waals surface area (Å²) in [7, 11) is -2.11. The summed E-state index contributed by atoms with van der Waals surface area (Å²) < 4.78 is 33.5. The molecule has 2 heterocycles. The summed E-state index contributed by atoms with van der Waals surface area (Å²) >= 11 is 3.28. The summed E-state index contributed by atoms with van der Waals surface area (Å²) in [4.78, 5) is 8.94. The van der Waals surface area contributed by atoms with Crippen molar-refractivity contribution >= 4 is 26.0 Å². The van der Waals surface area contributed by atoms with Gasteiger partial charge >= 0.3 is 0 Å². The number of methoxy groups -OCH3 is 1. The smallest absolute Gasteiger partial charge is 0.240 e. The van der Waals surface area contributed by atoms with Crippen LogP contribution < -0.4 is 9.46 Å². The third kappa shape index (κ3) is 4.46. The minimum Gasteiger partial charge on any atom is -0.497 e. The van der Waals surface area contributed by atoms with Crippen LogP contribution in [0.1, 0.15) is 5.69 Å². The number of nitrogens with zero attached hydrogens (tertiary/aromatic N) is 2. The number of hydrogen-bond acceptors (Lipinski definition) is 5. The molecule has 0 aliphatic heterocycles. The van der Waals surface area contributed by atoms with Gasteiger partial charge in [-0.25, -0.2) is 18.1 Å². The van der Waals surface area contributed by atoms with Crippen molar-refractivity contribution in [3.63, 3.8) is 0 Å². The molecule has 0 unspecified atom stereocenters. The normalized spacial score (nSPS) is 11.3. The lowest BCUT2D eigenvalue weighted by molar-refractivity contribution is 0.413. The van der Waals surface area contributed by atoms with Gasteiger partial charge in [-0.05, 0) is 30.3 Å². The van der Waals surface area contributed by atoms with E-state index in [-0.39, 0.29) is 11.4 Å². The van der Waals surface area contributed by atoms with E-state index in [1.54, 1.807) is 43.6 Å². The van der Waals surface area contributed by atoms with Gasteiger partial charge in [-0.15, -0.1) is 0 Å². The zero-order valence-electron chi connectivity index (χ0n) is 13.9. The molecule has 0 saturated carbocycles. The van der Waals surface area contributed by atoms with Gasteiger partial charge in [-0.3, -0.25) is 4.98 Å². The molecule has 2 aromatic heterocycles. The maximum Gasteiger partial charge on any atom is 0.240 e. The second-order valence-electron chi connectivity index (χ2n) is 5.38. The zero-order chi connectivity index (χ0) is 18.6. The molecule has 0 aliphatic carbocycles. The maximum atomic E-state index is 12.5.